The summed E-state index contributed by atoms with van der Waals surface area (Å²) in [6, 6.07) is 17.7. The minimum absolute atomic E-state index is 0.0383. The average molecular weight is 421 g/mol. The molecule has 5 nitrogen and oxygen atoms in total. The Bertz CT molecular complexity index is 1100. The highest BCUT2D eigenvalue weighted by molar-refractivity contribution is 6.30. The normalized spacial score (nSPS) is 18.1. The number of hydrogen-bond acceptors (Lipinski definition) is 4. The second-order valence-electron chi connectivity index (χ2n) is 7.28. The highest BCUT2D eigenvalue weighted by Crippen LogP contribution is 2.41. The average Bonchev–Trinajstić information content (AvgIpc) is 3.22. The van der Waals surface area contributed by atoms with E-state index in [1.54, 1.807) is 18.3 Å². The zero-order valence-electron chi connectivity index (χ0n) is 16.2. The van der Waals surface area contributed by atoms with Gasteiger partial charge in [0, 0.05) is 17.1 Å². The molecular weight excluding hydrogens is 400 g/mol. The summed E-state index contributed by atoms with van der Waals surface area (Å²) in [4.78, 5) is 15.6. The van der Waals surface area contributed by atoms with E-state index in [0.29, 0.717) is 29.6 Å². The van der Waals surface area contributed by atoms with Crippen molar-refractivity contribution in [2.24, 2.45) is 0 Å². The Labute approximate surface area is 179 Å². The molecule has 1 unspecified atom stereocenters. The molecule has 0 bridgehead atoms. The second-order valence-corrected chi connectivity index (χ2v) is 7.71. The third kappa shape index (κ3) is 4.47. The molecule has 1 atom stereocenters. The summed E-state index contributed by atoms with van der Waals surface area (Å²) in [7, 11) is 0. The molecule has 1 aromatic heterocycles. The maximum absolute atomic E-state index is 11.3. The SMILES string of the molecule is O=C(O)CCC1(c2cnc(Nc3cccc(Cl)c3)o2)C=CC(c2ccccc2)=CC1. The van der Waals surface area contributed by atoms with Crippen molar-refractivity contribution >= 4 is 34.8 Å². The molecule has 0 fully saturated rings. The lowest BCUT2D eigenvalue weighted by atomic mass is 9.74. The number of allylic oxidation sites excluding steroid dienone is 4. The van der Waals surface area contributed by atoms with E-state index >= 15 is 0 Å². The first-order valence-corrected chi connectivity index (χ1v) is 10.1. The van der Waals surface area contributed by atoms with E-state index in [0.717, 1.165) is 16.8 Å². The number of anilines is 2. The molecule has 2 aromatic carbocycles. The van der Waals surface area contributed by atoms with E-state index in [1.165, 1.54) is 0 Å². The van der Waals surface area contributed by atoms with Crippen LogP contribution >= 0.6 is 11.6 Å². The van der Waals surface area contributed by atoms with Gasteiger partial charge in [-0.2, -0.15) is 0 Å². The van der Waals surface area contributed by atoms with Crippen LogP contribution in [0.3, 0.4) is 0 Å². The van der Waals surface area contributed by atoms with Crippen LogP contribution in [0, 0.1) is 0 Å². The van der Waals surface area contributed by atoms with Crippen LogP contribution in [-0.4, -0.2) is 16.1 Å². The van der Waals surface area contributed by atoms with E-state index in [4.69, 9.17) is 16.0 Å². The summed E-state index contributed by atoms with van der Waals surface area (Å²) in [5, 5.41) is 13.0. The predicted molar refractivity (Wildman–Crippen MR) is 118 cm³/mol. The van der Waals surface area contributed by atoms with Gasteiger partial charge in [-0.05, 0) is 42.2 Å². The van der Waals surface area contributed by atoms with Gasteiger partial charge in [-0.3, -0.25) is 4.79 Å². The van der Waals surface area contributed by atoms with Gasteiger partial charge in [-0.15, -0.1) is 0 Å². The maximum Gasteiger partial charge on any atom is 0.303 e. The van der Waals surface area contributed by atoms with Crippen molar-refractivity contribution in [2.45, 2.75) is 24.7 Å². The molecule has 4 rings (SSSR count). The fraction of sp³-hybridized carbons (Fsp3) is 0.167. The Morgan fingerprint density at radius 2 is 2.03 bits per heavy atom. The molecule has 0 aliphatic heterocycles. The molecule has 6 heteroatoms. The quantitative estimate of drug-likeness (QED) is 0.474. The number of aliphatic carboxylic acids is 1. The summed E-state index contributed by atoms with van der Waals surface area (Å²) >= 11 is 6.03. The molecule has 30 heavy (non-hydrogen) atoms. The number of halogens is 1. The van der Waals surface area contributed by atoms with Gasteiger partial charge < -0.3 is 14.8 Å². The first-order chi connectivity index (χ1) is 14.5. The number of benzene rings is 2. The van der Waals surface area contributed by atoms with E-state index in [9.17, 15) is 9.90 Å². The number of carbonyl (C=O) groups is 1. The van der Waals surface area contributed by atoms with Gasteiger partial charge in [0.2, 0.25) is 0 Å². The number of aromatic nitrogens is 1. The number of nitrogens with one attached hydrogen (secondary N) is 1. The summed E-state index contributed by atoms with van der Waals surface area (Å²) in [5.74, 6) is -0.203. The molecule has 152 valence electrons. The van der Waals surface area contributed by atoms with Crippen LogP contribution in [0.15, 0.2) is 83.4 Å². The molecule has 3 aromatic rings. The van der Waals surface area contributed by atoms with Crippen molar-refractivity contribution in [2.75, 3.05) is 5.32 Å². The number of rotatable bonds is 7. The standard InChI is InChI=1S/C24H21ClN2O3/c25-19-7-4-8-20(15-19)27-23-26-16-21(30-23)24(14-11-22(28)29)12-9-18(10-13-24)17-5-2-1-3-6-17/h1-10,12,15-16H,11,13-14H2,(H,26,27)(H,28,29). The van der Waals surface area contributed by atoms with E-state index in [2.05, 4.69) is 28.5 Å². The van der Waals surface area contributed by atoms with Gasteiger partial charge in [0.15, 0.2) is 0 Å². The lowest BCUT2D eigenvalue weighted by molar-refractivity contribution is -0.137. The van der Waals surface area contributed by atoms with Gasteiger partial charge in [-0.25, -0.2) is 4.98 Å². The van der Waals surface area contributed by atoms with Gasteiger partial charge in [0.25, 0.3) is 6.01 Å². The van der Waals surface area contributed by atoms with Crippen molar-refractivity contribution < 1.29 is 14.3 Å². The molecule has 1 aliphatic carbocycles. The minimum atomic E-state index is -0.836. The maximum atomic E-state index is 11.3. The zero-order chi connectivity index (χ0) is 21.0. The van der Waals surface area contributed by atoms with Crippen LogP contribution < -0.4 is 5.32 Å². The van der Waals surface area contributed by atoms with Gasteiger partial charge in [-0.1, -0.05) is 66.2 Å². The lowest BCUT2D eigenvalue weighted by Crippen LogP contribution is -2.25. The van der Waals surface area contributed by atoms with E-state index in [-0.39, 0.29) is 6.42 Å². The van der Waals surface area contributed by atoms with Crippen LogP contribution in [-0.2, 0) is 10.2 Å². The summed E-state index contributed by atoms with van der Waals surface area (Å²) in [5.41, 5.74) is 2.44. The topological polar surface area (TPSA) is 75.4 Å². The van der Waals surface area contributed by atoms with Crippen LogP contribution in [0.1, 0.15) is 30.6 Å². The van der Waals surface area contributed by atoms with Crippen LogP contribution in [0.25, 0.3) is 5.57 Å². The summed E-state index contributed by atoms with van der Waals surface area (Å²) in [6.07, 6.45) is 8.96. The number of carboxylic acids is 1. The van der Waals surface area contributed by atoms with Crippen LogP contribution in [0.2, 0.25) is 5.02 Å². The number of nitrogens with zero attached hydrogens (tertiary/aromatic N) is 1. The Morgan fingerprint density at radius 1 is 1.20 bits per heavy atom. The largest absolute Gasteiger partial charge is 0.481 e. The second kappa shape index (κ2) is 8.59. The van der Waals surface area contributed by atoms with E-state index < -0.39 is 11.4 Å². The minimum Gasteiger partial charge on any atom is -0.481 e. The Morgan fingerprint density at radius 3 is 2.73 bits per heavy atom. The first kappa shape index (κ1) is 20.0. The van der Waals surface area contributed by atoms with Crippen molar-refractivity contribution in [3.05, 3.63) is 95.4 Å². The van der Waals surface area contributed by atoms with Crippen molar-refractivity contribution in [1.29, 1.82) is 0 Å². The summed E-state index contributed by atoms with van der Waals surface area (Å²) < 4.78 is 6.00. The third-order valence-corrected chi connectivity index (χ3v) is 5.47. The molecule has 2 N–H and O–H groups in total. The fourth-order valence-corrected chi connectivity index (χ4v) is 3.79. The molecule has 0 amide bonds. The monoisotopic (exact) mass is 420 g/mol. The van der Waals surface area contributed by atoms with Gasteiger partial charge in [0.1, 0.15) is 5.76 Å². The van der Waals surface area contributed by atoms with Crippen LogP contribution in [0.4, 0.5) is 11.7 Å². The fourth-order valence-electron chi connectivity index (χ4n) is 3.60. The molecule has 0 saturated carbocycles. The third-order valence-electron chi connectivity index (χ3n) is 5.23. The highest BCUT2D eigenvalue weighted by atomic mass is 35.5. The first-order valence-electron chi connectivity index (χ1n) is 9.70. The zero-order valence-corrected chi connectivity index (χ0v) is 17.0. The van der Waals surface area contributed by atoms with E-state index in [1.807, 2.05) is 42.5 Å². The van der Waals surface area contributed by atoms with Crippen molar-refractivity contribution in [3.8, 4) is 0 Å². The van der Waals surface area contributed by atoms with Gasteiger partial charge >= 0.3 is 5.97 Å². The number of hydrogen-bond donors (Lipinski definition) is 2. The Hall–Kier alpha value is -3.31. The Balaban J connectivity index is 1.59. The highest BCUT2D eigenvalue weighted by Gasteiger charge is 2.35. The number of oxazole rings is 1. The molecule has 0 radical (unpaired) electrons. The van der Waals surface area contributed by atoms with Gasteiger partial charge in [0.05, 0.1) is 11.6 Å². The molecule has 0 saturated heterocycles. The molecule has 1 aliphatic rings. The Kier molecular flexibility index (Phi) is 5.72. The molecule has 0 spiro atoms. The van der Waals surface area contributed by atoms with Crippen molar-refractivity contribution in [1.82, 2.24) is 4.98 Å². The van der Waals surface area contributed by atoms with Crippen molar-refractivity contribution in [3.63, 3.8) is 0 Å². The van der Waals surface area contributed by atoms with Crippen LogP contribution in [0.5, 0.6) is 0 Å². The molecular formula is C24H21ClN2O3. The molecule has 1 heterocycles. The predicted octanol–water partition coefficient (Wildman–Crippen LogP) is 6.22. The smallest absolute Gasteiger partial charge is 0.303 e. The lowest BCUT2D eigenvalue weighted by Gasteiger charge is -2.29. The number of carboxylic acid groups (broad SMARTS) is 1. The summed E-state index contributed by atoms with van der Waals surface area (Å²) in [6.45, 7) is 0.